The molecular formula is C50H78N8O9S2. The van der Waals surface area contributed by atoms with Gasteiger partial charge in [-0.3, -0.25) is 14.6 Å². The topological polar surface area (TPSA) is 218 Å². The van der Waals surface area contributed by atoms with E-state index in [1.165, 1.54) is 0 Å². The molecule has 0 bridgehead atoms. The number of rotatable bonds is 27. The highest BCUT2D eigenvalue weighted by Gasteiger charge is 2.47. The van der Waals surface area contributed by atoms with Crippen LogP contribution in [0.3, 0.4) is 0 Å². The predicted molar refractivity (Wildman–Crippen MR) is 274 cm³/mol. The van der Waals surface area contributed by atoms with Crippen LogP contribution in [0.15, 0.2) is 53.0 Å². The van der Waals surface area contributed by atoms with E-state index in [0.29, 0.717) is 82.3 Å². The van der Waals surface area contributed by atoms with Crippen molar-refractivity contribution in [1.29, 1.82) is 0 Å². The van der Waals surface area contributed by atoms with E-state index in [-0.39, 0.29) is 59.7 Å². The Labute approximate surface area is 413 Å². The monoisotopic (exact) mass is 999 g/mol. The zero-order valence-corrected chi connectivity index (χ0v) is 44.2. The number of fused-ring (bicyclic) bond motifs is 2. The van der Waals surface area contributed by atoms with E-state index in [2.05, 4.69) is 45.1 Å². The van der Waals surface area contributed by atoms with Crippen LogP contribution >= 0.6 is 11.3 Å². The standard InChI is InChI=1S/C50H78N8O9S2/c1-32(2)33(3)56-47(59)41-27-36(30-58(41)48(60)45(49(5,6)7)46(51)34(4)52-11)53-16-17-63-18-19-64-20-21-65-22-23-66-24-25-67-42-29-39-37(28-44(42)69(61,62)50(8,9)10)38(14-15-54-39)57-35-12-13-43-40(26-35)55-31-68-43/h12-15,26,28-29,31-34,36,41,45-46,52-53H,16-25,27,30,51H2,1-11H3,(H,54,57)(H,56,59)/t33-,34+,36+,41+,45+,46?/m1/s1. The molecule has 6 N–H and O–H groups in total. The molecule has 2 aromatic heterocycles. The maximum absolute atomic E-state index is 14.3. The molecule has 1 saturated heterocycles. The van der Waals surface area contributed by atoms with E-state index >= 15 is 0 Å². The van der Waals surface area contributed by atoms with Crippen LogP contribution < -0.4 is 31.7 Å². The highest BCUT2D eigenvalue weighted by Crippen LogP contribution is 2.38. The van der Waals surface area contributed by atoms with E-state index < -0.39 is 38.0 Å². The van der Waals surface area contributed by atoms with E-state index in [1.54, 1.807) is 60.8 Å². The van der Waals surface area contributed by atoms with E-state index in [1.807, 2.05) is 65.9 Å². The lowest BCUT2D eigenvalue weighted by Crippen LogP contribution is -2.58. The molecule has 1 unspecified atom stereocenters. The molecule has 17 nitrogen and oxygen atoms in total. The molecule has 0 saturated carbocycles. The summed E-state index contributed by atoms with van der Waals surface area (Å²) in [6.07, 6.45) is 2.17. The molecule has 5 rings (SSSR count). The van der Waals surface area contributed by atoms with Gasteiger partial charge >= 0.3 is 0 Å². The van der Waals surface area contributed by atoms with Crippen LogP contribution in [0.25, 0.3) is 21.1 Å². The van der Waals surface area contributed by atoms with Crippen LogP contribution in [-0.2, 0) is 38.4 Å². The second-order valence-corrected chi connectivity index (χ2v) is 23.7. The van der Waals surface area contributed by atoms with Gasteiger partial charge in [-0.15, -0.1) is 11.3 Å². The molecule has 1 aliphatic rings. The van der Waals surface area contributed by atoms with Gasteiger partial charge in [0.05, 0.1) is 84.8 Å². The fourth-order valence-electron chi connectivity index (χ4n) is 8.05. The molecule has 0 spiro atoms. The first-order chi connectivity index (χ1) is 32.6. The Bertz CT molecular complexity index is 2390. The minimum atomic E-state index is -3.81. The number of nitrogens with one attached hydrogen (secondary N) is 4. The third-order valence-electron chi connectivity index (χ3n) is 12.7. The Morgan fingerprint density at radius 1 is 0.841 bits per heavy atom. The van der Waals surface area contributed by atoms with Crippen LogP contribution in [0.1, 0.15) is 75.7 Å². The molecular weight excluding hydrogens is 921 g/mol. The number of pyridine rings is 1. The van der Waals surface area contributed by atoms with E-state index in [9.17, 15) is 18.0 Å². The van der Waals surface area contributed by atoms with Gasteiger partial charge in [-0.05, 0) is 89.8 Å². The summed E-state index contributed by atoms with van der Waals surface area (Å²) >= 11 is 1.57. The molecule has 69 heavy (non-hydrogen) atoms. The summed E-state index contributed by atoms with van der Waals surface area (Å²) in [7, 11) is -1.97. The number of benzene rings is 2. The maximum Gasteiger partial charge on any atom is 0.243 e. The minimum Gasteiger partial charge on any atom is -0.490 e. The predicted octanol–water partition coefficient (Wildman–Crippen LogP) is 5.92. The molecule has 2 amide bonds. The van der Waals surface area contributed by atoms with Crippen LogP contribution in [0, 0.1) is 17.3 Å². The maximum atomic E-state index is 14.3. The lowest BCUT2D eigenvalue weighted by molar-refractivity contribution is -0.145. The van der Waals surface area contributed by atoms with Crippen molar-refractivity contribution >= 4 is 65.5 Å². The van der Waals surface area contributed by atoms with Gasteiger partial charge in [0.2, 0.25) is 11.8 Å². The molecule has 3 heterocycles. The Hall–Kier alpha value is -4.05. The van der Waals surface area contributed by atoms with Crippen LogP contribution in [0.4, 0.5) is 11.4 Å². The number of hydrogen-bond acceptors (Lipinski definition) is 16. The summed E-state index contributed by atoms with van der Waals surface area (Å²) < 4.78 is 56.6. The first-order valence-electron chi connectivity index (χ1n) is 24.1. The van der Waals surface area contributed by atoms with Gasteiger partial charge in [-0.2, -0.15) is 0 Å². The van der Waals surface area contributed by atoms with Gasteiger partial charge in [0.25, 0.3) is 0 Å². The summed E-state index contributed by atoms with van der Waals surface area (Å²) in [6, 6.07) is 9.82. The third-order valence-corrected chi connectivity index (χ3v) is 16.0. The van der Waals surface area contributed by atoms with Crippen molar-refractivity contribution in [1.82, 2.24) is 30.8 Å². The summed E-state index contributed by atoms with van der Waals surface area (Å²) in [4.78, 5) is 38.6. The second-order valence-electron chi connectivity index (χ2n) is 20.2. The Morgan fingerprint density at radius 3 is 2.09 bits per heavy atom. The number of amides is 2. The number of aromatic nitrogens is 2. The average Bonchev–Trinajstić information content (AvgIpc) is 3.95. The summed E-state index contributed by atoms with van der Waals surface area (Å²) in [5.41, 5.74) is 11.1. The fraction of sp³-hybridized carbons (Fsp3) is 0.640. The molecule has 1 fully saturated rings. The average molecular weight is 999 g/mol. The number of carbonyl (C=O) groups is 2. The zero-order valence-electron chi connectivity index (χ0n) is 42.6. The number of hydrogen-bond donors (Lipinski definition) is 5. The molecule has 6 atom stereocenters. The van der Waals surface area contributed by atoms with E-state index in [4.69, 9.17) is 29.4 Å². The normalized spacial score (nSPS) is 17.6. The number of carbonyl (C=O) groups excluding carboxylic acids is 2. The smallest absolute Gasteiger partial charge is 0.243 e. The number of ether oxygens (including phenoxy) is 5. The largest absolute Gasteiger partial charge is 0.490 e. The highest BCUT2D eigenvalue weighted by atomic mass is 32.2. The number of thiazole rings is 1. The first kappa shape index (κ1) is 55.9. The lowest BCUT2D eigenvalue weighted by Gasteiger charge is -2.40. The van der Waals surface area contributed by atoms with Gasteiger partial charge in [0.1, 0.15) is 23.3 Å². The second kappa shape index (κ2) is 25.4. The van der Waals surface area contributed by atoms with Crippen LogP contribution in [0.2, 0.25) is 0 Å². The van der Waals surface area contributed by atoms with Crippen molar-refractivity contribution in [2.45, 2.75) is 116 Å². The number of nitrogens with two attached hydrogens (primary N) is 1. The highest BCUT2D eigenvalue weighted by molar-refractivity contribution is 7.92. The molecule has 2 aromatic carbocycles. The number of sulfone groups is 1. The van der Waals surface area contributed by atoms with Gasteiger partial charge in [0, 0.05) is 66.3 Å². The van der Waals surface area contributed by atoms with Crippen molar-refractivity contribution < 1.29 is 41.7 Å². The number of nitrogens with zero attached hydrogens (tertiary/aromatic N) is 3. The number of anilines is 2. The first-order valence-corrected chi connectivity index (χ1v) is 26.5. The van der Waals surface area contributed by atoms with Crippen molar-refractivity contribution in [3.8, 4) is 5.75 Å². The summed E-state index contributed by atoms with van der Waals surface area (Å²) in [6.45, 7) is 23.2. The third kappa shape index (κ3) is 15.2. The lowest BCUT2D eigenvalue weighted by atomic mass is 9.73. The summed E-state index contributed by atoms with van der Waals surface area (Å²) in [5.74, 6) is -0.250. The Morgan fingerprint density at radius 2 is 1.48 bits per heavy atom. The molecule has 19 heteroatoms. The molecule has 1 aliphatic heterocycles. The SMILES string of the molecule is CN[C@@H](C)C(N)[C@@H](C(=O)N1C[C@@H](NCCOCCOCCOCCOCCOc2cc3nccc(Nc4ccc5scnc5c4)c3cc2S(=O)(=O)C(C)(C)C)C[C@H]1C(=O)N[C@H](C)C(C)C)C(C)(C)C. The molecule has 0 radical (unpaired) electrons. The van der Waals surface area contributed by atoms with Crippen molar-refractivity contribution in [3.63, 3.8) is 0 Å². The summed E-state index contributed by atoms with van der Waals surface area (Å²) in [5, 5.41) is 13.9. The number of likely N-dealkylation sites (tertiary alicyclic amines) is 1. The van der Waals surface area contributed by atoms with Crippen molar-refractivity contribution in [2.75, 3.05) is 84.9 Å². The minimum absolute atomic E-state index is 0.0306. The molecule has 4 aromatic rings. The Kier molecular flexibility index (Phi) is 20.5. The fourth-order valence-corrected chi connectivity index (χ4v) is 10.0. The van der Waals surface area contributed by atoms with Gasteiger partial charge in [-0.25, -0.2) is 13.4 Å². The van der Waals surface area contributed by atoms with Gasteiger partial charge < -0.3 is 55.6 Å². The van der Waals surface area contributed by atoms with E-state index in [0.717, 1.165) is 15.9 Å². The van der Waals surface area contributed by atoms with Gasteiger partial charge in [-0.1, -0.05) is 34.6 Å². The molecule has 384 valence electrons. The zero-order chi connectivity index (χ0) is 50.5. The van der Waals surface area contributed by atoms with Gasteiger partial charge in [0.15, 0.2) is 9.84 Å². The van der Waals surface area contributed by atoms with Crippen LogP contribution in [-0.4, -0.2) is 150 Å². The molecule has 0 aliphatic carbocycles. The van der Waals surface area contributed by atoms with Crippen molar-refractivity contribution in [3.05, 3.63) is 48.1 Å². The number of likely N-dealkylation sites (N-methyl/N-ethyl adjacent to an activating group) is 1. The Balaban J connectivity index is 0.988. The van der Waals surface area contributed by atoms with Crippen LogP contribution in [0.5, 0.6) is 5.75 Å². The van der Waals surface area contributed by atoms with Crippen molar-refractivity contribution in [2.24, 2.45) is 23.0 Å². The quantitative estimate of drug-likeness (QED) is 0.0438.